The van der Waals surface area contributed by atoms with Crippen molar-refractivity contribution in [2.75, 3.05) is 12.3 Å². The predicted molar refractivity (Wildman–Crippen MR) is 86.9 cm³/mol. The molecule has 0 aliphatic heterocycles. The van der Waals surface area contributed by atoms with Crippen LogP contribution >= 0.6 is 0 Å². The molecule has 4 heteroatoms. The largest absolute Gasteiger partial charge is 0.462 e. The second-order valence-electron chi connectivity index (χ2n) is 4.92. The van der Waals surface area contributed by atoms with Crippen LogP contribution in [0, 0.1) is 6.57 Å². The van der Waals surface area contributed by atoms with Crippen LogP contribution in [-0.4, -0.2) is 12.6 Å². The van der Waals surface area contributed by atoms with Crippen LogP contribution in [0.4, 0.5) is 11.4 Å². The average molecular weight is 294 g/mol. The molecule has 2 aromatic carbocycles. The van der Waals surface area contributed by atoms with Crippen molar-refractivity contribution < 1.29 is 9.53 Å². The first-order chi connectivity index (χ1) is 10.6. The highest BCUT2D eigenvalue weighted by Gasteiger charge is 2.09. The molecule has 4 nitrogen and oxygen atoms in total. The lowest BCUT2D eigenvalue weighted by molar-refractivity contribution is 0.0526. The molecule has 2 aromatic rings. The van der Waals surface area contributed by atoms with Gasteiger partial charge in [0.15, 0.2) is 5.69 Å². The van der Waals surface area contributed by atoms with Crippen molar-refractivity contribution >= 4 is 17.3 Å². The molecule has 0 amide bonds. The summed E-state index contributed by atoms with van der Waals surface area (Å²) in [6.07, 6.45) is 1.56. The zero-order chi connectivity index (χ0) is 15.9. The van der Waals surface area contributed by atoms with Crippen molar-refractivity contribution in [2.45, 2.75) is 19.8 Å². The molecule has 112 valence electrons. The highest BCUT2D eigenvalue weighted by atomic mass is 16.5. The van der Waals surface area contributed by atoms with Gasteiger partial charge in [0.2, 0.25) is 0 Å². The zero-order valence-corrected chi connectivity index (χ0v) is 12.5. The van der Waals surface area contributed by atoms with Gasteiger partial charge in [-0.2, -0.15) is 0 Å². The predicted octanol–water partition coefficient (Wildman–Crippen LogP) is 3.78. The maximum absolute atomic E-state index is 11.7. The first-order valence-corrected chi connectivity index (χ1v) is 7.16. The summed E-state index contributed by atoms with van der Waals surface area (Å²) < 4.78 is 4.95. The van der Waals surface area contributed by atoms with Crippen molar-refractivity contribution in [3.05, 3.63) is 70.6 Å². The van der Waals surface area contributed by atoms with Crippen LogP contribution in [0.25, 0.3) is 4.85 Å². The molecular weight excluding hydrogens is 276 g/mol. The van der Waals surface area contributed by atoms with Crippen LogP contribution in [0.3, 0.4) is 0 Å². The minimum absolute atomic E-state index is 0.345. The standard InChI is InChI=1S/C18H18N2O2/c1-3-22-18(21)15-10-9-14(17(19)12-15)8-7-13-5-4-6-16(11-13)20-2/h4-6,9-12H,3,7-8,19H2,1H3. The summed E-state index contributed by atoms with van der Waals surface area (Å²) in [6, 6.07) is 12.8. The van der Waals surface area contributed by atoms with Gasteiger partial charge in [-0.25, -0.2) is 9.64 Å². The third kappa shape index (κ3) is 3.86. The molecule has 0 saturated heterocycles. The molecule has 0 bridgehead atoms. The van der Waals surface area contributed by atoms with Crippen LogP contribution in [0.15, 0.2) is 42.5 Å². The number of nitrogen functional groups attached to an aromatic ring is 1. The molecule has 0 heterocycles. The molecule has 0 saturated carbocycles. The van der Waals surface area contributed by atoms with Gasteiger partial charge in [0.05, 0.1) is 18.7 Å². The zero-order valence-electron chi connectivity index (χ0n) is 12.5. The first-order valence-electron chi connectivity index (χ1n) is 7.16. The van der Waals surface area contributed by atoms with Gasteiger partial charge < -0.3 is 10.5 Å². The van der Waals surface area contributed by atoms with E-state index in [2.05, 4.69) is 4.85 Å². The Morgan fingerprint density at radius 2 is 2.05 bits per heavy atom. The Kier molecular flexibility index (Phi) is 5.16. The Bertz CT molecular complexity index is 717. The molecule has 2 N–H and O–H groups in total. The Balaban J connectivity index is 2.07. The van der Waals surface area contributed by atoms with E-state index in [1.807, 2.05) is 24.3 Å². The molecule has 2 rings (SSSR count). The lowest BCUT2D eigenvalue weighted by Crippen LogP contribution is -2.06. The smallest absolute Gasteiger partial charge is 0.338 e. The number of esters is 1. The van der Waals surface area contributed by atoms with Crippen LogP contribution in [0.2, 0.25) is 0 Å². The van der Waals surface area contributed by atoms with E-state index < -0.39 is 0 Å². The molecule has 22 heavy (non-hydrogen) atoms. The van der Waals surface area contributed by atoms with E-state index in [4.69, 9.17) is 17.0 Å². The van der Waals surface area contributed by atoms with Crippen molar-refractivity contribution in [1.29, 1.82) is 0 Å². The topological polar surface area (TPSA) is 56.7 Å². The van der Waals surface area contributed by atoms with Crippen molar-refractivity contribution in [1.82, 2.24) is 0 Å². The van der Waals surface area contributed by atoms with Crippen LogP contribution in [0.1, 0.15) is 28.4 Å². The second-order valence-corrected chi connectivity index (χ2v) is 4.92. The summed E-state index contributed by atoms with van der Waals surface area (Å²) >= 11 is 0. The molecule has 0 aromatic heterocycles. The third-order valence-electron chi connectivity index (χ3n) is 3.38. The maximum atomic E-state index is 11.7. The molecular formula is C18H18N2O2. The Morgan fingerprint density at radius 1 is 1.23 bits per heavy atom. The van der Waals surface area contributed by atoms with Gasteiger partial charge in [0.1, 0.15) is 0 Å². The summed E-state index contributed by atoms with van der Waals surface area (Å²) in [5.74, 6) is -0.356. The molecule has 0 radical (unpaired) electrons. The molecule has 0 aliphatic carbocycles. The molecule has 0 atom stereocenters. The van der Waals surface area contributed by atoms with Gasteiger partial charge >= 0.3 is 5.97 Å². The summed E-state index contributed by atoms with van der Waals surface area (Å²) in [7, 11) is 0. The number of nitrogens with two attached hydrogens (primary N) is 1. The van der Waals surface area contributed by atoms with Gasteiger partial charge in [0, 0.05) is 5.69 Å². The minimum atomic E-state index is -0.356. The average Bonchev–Trinajstić information content (AvgIpc) is 2.54. The number of rotatable bonds is 5. The van der Waals surface area contributed by atoms with Crippen molar-refractivity contribution in [2.24, 2.45) is 0 Å². The van der Waals surface area contributed by atoms with Gasteiger partial charge in [-0.1, -0.05) is 35.9 Å². The monoisotopic (exact) mass is 294 g/mol. The van der Waals surface area contributed by atoms with E-state index in [0.717, 1.165) is 24.0 Å². The number of carbonyl (C=O) groups excluding carboxylic acids is 1. The number of hydrogen-bond acceptors (Lipinski definition) is 3. The number of nitrogens with zero attached hydrogens (tertiary/aromatic N) is 1. The quantitative estimate of drug-likeness (QED) is 0.518. The van der Waals surface area contributed by atoms with E-state index in [1.165, 1.54) is 0 Å². The van der Waals surface area contributed by atoms with Crippen molar-refractivity contribution in [3.63, 3.8) is 0 Å². The van der Waals surface area contributed by atoms with Crippen LogP contribution < -0.4 is 5.73 Å². The van der Waals surface area contributed by atoms with Gasteiger partial charge in [-0.15, -0.1) is 0 Å². The number of ether oxygens (including phenoxy) is 1. The molecule has 0 unspecified atom stereocenters. The van der Waals surface area contributed by atoms with Crippen LogP contribution in [0.5, 0.6) is 0 Å². The maximum Gasteiger partial charge on any atom is 0.338 e. The normalized spacial score (nSPS) is 10.0. The fourth-order valence-corrected chi connectivity index (χ4v) is 2.22. The number of benzene rings is 2. The van der Waals surface area contributed by atoms with Gasteiger partial charge in [-0.05, 0) is 37.5 Å². The second kappa shape index (κ2) is 7.28. The Labute approximate surface area is 130 Å². The molecule has 0 fully saturated rings. The highest BCUT2D eigenvalue weighted by Crippen LogP contribution is 2.19. The van der Waals surface area contributed by atoms with Gasteiger partial charge in [-0.3, -0.25) is 0 Å². The fraction of sp³-hybridized carbons (Fsp3) is 0.222. The van der Waals surface area contributed by atoms with Crippen LogP contribution in [-0.2, 0) is 17.6 Å². The van der Waals surface area contributed by atoms with E-state index >= 15 is 0 Å². The lowest BCUT2D eigenvalue weighted by atomic mass is 10.0. The van der Waals surface area contributed by atoms with E-state index in [0.29, 0.717) is 23.5 Å². The van der Waals surface area contributed by atoms with E-state index in [9.17, 15) is 4.79 Å². The SMILES string of the molecule is [C-]#[N+]c1cccc(CCc2ccc(C(=O)OCC)cc2N)c1. The number of aryl methyl sites for hydroxylation is 2. The number of carbonyl (C=O) groups is 1. The Hall–Kier alpha value is -2.80. The first kappa shape index (κ1) is 15.6. The lowest BCUT2D eigenvalue weighted by Gasteiger charge is -2.08. The Morgan fingerprint density at radius 3 is 2.73 bits per heavy atom. The number of anilines is 1. The number of hydrogen-bond donors (Lipinski definition) is 1. The summed E-state index contributed by atoms with van der Waals surface area (Å²) in [5.41, 5.74) is 9.81. The fourth-order valence-electron chi connectivity index (χ4n) is 2.22. The molecule has 0 aliphatic rings. The third-order valence-corrected chi connectivity index (χ3v) is 3.38. The van der Waals surface area contributed by atoms with Crippen molar-refractivity contribution in [3.8, 4) is 0 Å². The summed E-state index contributed by atoms with van der Waals surface area (Å²) in [4.78, 5) is 15.1. The highest BCUT2D eigenvalue weighted by molar-refractivity contribution is 5.90. The molecule has 0 spiro atoms. The summed E-state index contributed by atoms with van der Waals surface area (Å²) in [5, 5.41) is 0. The van der Waals surface area contributed by atoms with E-state index in [-0.39, 0.29) is 5.97 Å². The minimum Gasteiger partial charge on any atom is -0.462 e. The van der Waals surface area contributed by atoms with Gasteiger partial charge in [0.25, 0.3) is 0 Å². The summed E-state index contributed by atoms with van der Waals surface area (Å²) in [6.45, 7) is 9.15. The van der Waals surface area contributed by atoms with E-state index in [1.54, 1.807) is 25.1 Å².